The van der Waals surface area contributed by atoms with E-state index in [-0.39, 0.29) is 0 Å². The highest BCUT2D eigenvalue weighted by Gasteiger charge is 2.35. The van der Waals surface area contributed by atoms with Crippen LogP contribution in [-0.2, 0) is 0 Å². The fourth-order valence-corrected chi connectivity index (χ4v) is 3.57. The van der Waals surface area contributed by atoms with Gasteiger partial charge in [-0.25, -0.2) is 0 Å². The maximum Gasteiger partial charge on any atom is 0.282 e. The Bertz CT molecular complexity index is 1060. The van der Waals surface area contributed by atoms with E-state index in [1.165, 1.54) is 0 Å². The van der Waals surface area contributed by atoms with E-state index in [2.05, 4.69) is 25.6 Å². The number of halogens is 1. The average Bonchev–Trinajstić information content (AvgIpc) is 3.08. The van der Waals surface area contributed by atoms with Gasteiger partial charge in [-0.15, -0.1) is 0 Å². The van der Waals surface area contributed by atoms with Gasteiger partial charge in [-0.1, -0.05) is 28.1 Å². The Hall–Kier alpha value is -2.99. The van der Waals surface area contributed by atoms with Crippen molar-refractivity contribution in [3.05, 3.63) is 87.1 Å². The number of hydrogen-bond donors (Lipinski definition) is 0. The molecule has 0 unspecified atom stereocenters. The summed E-state index contributed by atoms with van der Waals surface area (Å²) in [7, 11) is 0. The zero-order chi connectivity index (χ0) is 19.1. The zero-order valence-electron chi connectivity index (χ0n) is 14.8. The second kappa shape index (κ2) is 6.63. The lowest BCUT2D eigenvalue weighted by Gasteiger charge is -2.10. The average molecular weight is 422 g/mol. The Labute approximate surface area is 165 Å². The van der Waals surface area contributed by atoms with E-state index < -0.39 is 11.8 Å². The fourth-order valence-electron chi connectivity index (χ4n) is 3.31. The van der Waals surface area contributed by atoms with Gasteiger partial charge in [-0.05, 0) is 56.3 Å². The molecule has 3 aromatic rings. The van der Waals surface area contributed by atoms with E-state index in [9.17, 15) is 9.59 Å². The molecule has 1 aliphatic rings. The van der Waals surface area contributed by atoms with Crippen LogP contribution < -0.4 is 0 Å². The van der Waals surface area contributed by atoms with Gasteiger partial charge in [0.1, 0.15) is 0 Å². The predicted molar refractivity (Wildman–Crippen MR) is 107 cm³/mol. The Morgan fingerprint density at radius 1 is 0.926 bits per heavy atom. The van der Waals surface area contributed by atoms with Crippen molar-refractivity contribution in [2.75, 3.05) is 0 Å². The molecule has 2 heterocycles. The number of hydrogen-bond acceptors (Lipinski definition) is 3. The van der Waals surface area contributed by atoms with Gasteiger partial charge in [0.25, 0.3) is 11.8 Å². The summed E-state index contributed by atoms with van der Waals surface area (Å²) in [6.07, 6.45) is 1.57. The number of hydrazone groups is 1. The van der Waals surface area contributed by atoms with Crippen LogP contribution in [0.3, 0.4) is 0 Å². The van der Waals surface area contributed by atoms with E-state index in [0.717, 1.165) is 32.1 Å². The molecule has 0 radical (unpaired) electrons. The van der Waals surface area contributed by atoms with Gasteiger partial charge in [-0.3, -0.25) is 9.59 Å². The first-order valence-corrected chi connectivity index (χ1v) is 9.23. The second-order valence-corrected chi connectivity index (χ2v) is 7.27. The summed E-state index contributed by atoms with van der Waals surface area (Å²) in [6.45, 7) is 3.99. The second-order valence-electron chi connectivity index (χ2n) is 6.35. The monoisotopic (exact) mass is 421 g/mol. The van der Waals surface area contributed by atoms with Crippen LogP contribution in [-0.4, -0.2) is 27.6 Å². The van der Waals surface area contributed by atoms with Crippen LogP contribution in [0.5, 0.6) is 0 Å². The lowest BCUT2D eigenvalue weighted by atomic mass is 10.1. The minimum atomic E-state index is -0.395. The van der Waals surface area contributed by atoms with Crippen molar-refractivity contribution < 1.29 is 9.59 Å². The van der Waals surface area contributed by atoms with Gasteiger partial charge in [0, 0.05) is 27.1 Å². The topological polar surface area (TPSA) is 54.7 Å². The molecule has 1 aromatic heterocycles. The highest BCUT2D eigenvalue weighted by atomic mass is 79.9. The smallest absolute Gasteiger partial charge is 0.282 e. The minimum Gasteiger partial charge on any atom is -0.318 e. The van der Waals surface area contributed by atoms with Crippen LogP contribution >= 0.6 is 15.9 Å². The molecular weight excluding hydrogens is 406 g/mol. The Morgan fingerprint density at radius 2 is 1.52 bits per heavy atom. The fraction of sp³-hybridized carbons (Fsp3) is 0.0952. The van der Waals surface area contributed by atoms with Gasteiger partial charge in [-0.2, -0.15) is 10.1 Å². The molecule has 4 rings (SSSR count). The first-order valence-electron chi connectivity index (χ1n) is 8.44. The third-order valence-electron chi connectivity index (χ3n) is 4.64. The third kappa shape index (κ3) is 2.92. The standard InChI is InChI=1S/C21H16BrN3O2/c1-13-11-15(14(2)24(13)17-9-7-16(22)8-10-17)12-23-25-20(26)18-5-3-4-6-19(18)21(25)27/h3-12H,1-2H3. The van der Waals surface area contributed by atoms with Crippen molar-refractivity contribution in [3.63, 3.8) is 0 Å². The van der Waals surface area contributed by atoms with E-state index in [1.807, 2.05) is 44.2 Å². The van der Waals surface area contributed by atoms with Crippen LogP contribution in [0.15, 0.2) is 64.2 Å². The summed E-state index contributed by atoms with van der Waals surface area (Å²) in [5.41, 5.74) is 4.69. The zero-order valence-corrected chi connectivity index (χ0v) is 16.4. The SMILES string of the molecule is Cc1cc(C=NN2C(=O)c3ccccc3C2=O)c(C)n1-c1ccc(Br)cc1. The lowest BCUT2D eigenvalue weighted by Crippen LogP contribution is -2.24. The summed E-state index contributed by atoms with van der Waals surface area (Å²) in [6, 6.07) is 16.8. The summed E-state index contributed by atoms with van der Waals surface area (Å²) in [5.74, 6) is -0.790. The normalized spacial score (nSPS) is 13.7. The molecule has 6 heteroatoms. The molecule has 2 amide bonds. The molecule has 0 aliphatic carbocycles. The largest absolute Gasteiger partial charge is 0.318 e. The molecule has 0 spiro atoms. The number of imide groups is 1. The number of fused-ring (bicyclic) bond motifs is 1. The van der Waals surface area contributed by atoms with E-state index >= 15 is 0 Å². The number of nitrogens with zero attached hydrogens (tertiary/aromatic N) is 3. The summed E-state index contributed by atoms with van der Waals surface area (Å²) >= 11 is 3.45. The maximum absolute atomic E-state index is 12.4. The van der Waals surface area contributed by atoms with Gasteiger partial charge < -0.3 is 4.57 Å². The first-order chi connectivity index (χ1) is 13.0. The Morgan fingerprint density at radius 3 is 2.11 bits per heavy atom. The number of benzene rings is 2. The molecule has 0 saturated heterocycles. The van der Waals surface area contributed by atoms with Crippen molar-refractivity contribution in [1.82, 2.24) is 9.58 Å². The molecule has 134 valence electrons. The third-order valence-corrected chi connectivity index (χ3v) is 5.17. The number of carbonyl (C=O) groups excluding carboxylic acids is 2. The van der Waals surface area contributed by atoms with Crippen molar-refractivity contribution >= 4 is 34.0 Å². The first kappa shape index (κ1) is 17.4. The number of carbonyl (C=O) groups is 2. The lowest BCUT2D eigenvalue weighted by molar-refractivity contribution is 0.0660. The molecule has 0 bridgehead atoms. The molecule has 0 saturated carbocycles. The number of aromatic nitrogens is 1. The summed E-state index contributed by atoms with van der Waals surface area (Å²) in [5, 5.41) is 5.11. The Balaban J connectivity index is 1.66. The predicted octanol–water partition coefficient (Wildman–Crippen LogP) is 4.49. The summed E-state index contributed by atoms with van der Waals surface area (Å²) in [4.78, 5) is 24.8. The Kier molecular flexibility index (Phi) is 4.28. The van der Waals surface area contributed by atoms with Gasteiger partial charge in [0.2, 0.25) is 0 Å². The number of rotatable bonds is 3. The van der Waals surface area contributed by atoms with E-state index in [0.29, 0.717) is 11.1 Å². The van der Waals surface area contributed by atoms with Gasteiger partial charge >= 0.3 is 0 Å². The van der Waals surface area contributed by atoms with Crippen molar-refractivity contribution in [2.24, 2.45) is 5.10 Å². The quantitative estimate of drug-likeness (QED) is 0.462. The summed E-state index contributed by atoms with van der Waals surface area (Å²) < 4.78 is 3.12. The van der Waals surface area contributed by atoms with E-state index in [4.69, 9.17) is 0 Å². The molecule has 1 aliphatic heterocycles. The maximum atomic E-state index is 12.4. The van der Waals surface area contributed by atoms with Crippen LogP contribution in [0.2, 0.25) is 0 Å². The highest BCUT2D eigenvalue weighted by Crippen LogP contribution is 2.24. The molecule has 27 heavy (non-hydrogen) atoms. The number of aryl methyl sites for hydroxylation is 1. The van der Waals surface area contributed by atoms with Gasteiger partial charge in [0.15, 0.2) is 0 Å². The molecule has 0 N–H and O–H groups in total. The molecule has 5 nitrogen and oxygen atoms in total. The van der Waals surface area contributed by atoms with Crippen LogP contribution in [0.25, 0.3) is 5.69 Å². The van der Waals surface area contributed by atoms with E-state index in [1.54, 1.807) is 30.5 Å². The minimum absolute atomic E-state index is 0.389. The number of amides is 2. The molecular formula is C21H16BrN3O2. The van der Waals surface area contributed by atoms with Crippen molar-refractivity contribution in [3.8, 4) is 5.69 Å². The van der Waals surface area contributed by atoms with Crippen LogP contribution in [0, 0.1) is 13.8 Å². The highest BCUT2D eigenvalue weighted by molar-refractivity contribution is 9.10. The van der Waals surface area contributed by atoms with Crippen LogP contribution in [0.4, 0.5) is 0 Å². The van der Waals surface area contributed by atoms with Gasteiger partial charge in [0.05, 0.1) is 17.3 Å². The molecule has 0 fully saturated rings. The molecule has 2 aromatic carbocycles. The van der Waals surface area contributed by atoms with Crippen molar-refractivity contribution in [1.29, 1.82) is 0 Å². The van der Waals surface area contributed by atoms with Crippen molar-refractivity contribution in [2.45, 2.75) is 13.8 Å². The molecule has 0 atom stereocenters. The van der Waals surface area contributed by atoms with Crippen LogP contribution in [0.1, 0.15) is 37.7 Å².